The van der Waals surface area contributed by atoms with Gasteiger partial charge in [0.15, 0.2) is 11.0 Å². The van der Waals surface area contributed by atoms with Gasteiger partial charge in [0, 0.05) is 31.4 Å². The third-order valence-electron chi connectivity index (χ3n) is 4.83. The first-order valence-electron chi connectivity index (χ1n) is 9.16. The van der Waals surface area contributed by atoms with Crippen LogP contribution in [0.1, 0.15) is 6.92 Å². The van der Waals surface area contributed by atoms with Crippen molar-refractivity contribution in [2.24, 2.45) is 0 Å². The van der Waals surface area contributed by atoms with E-state index in [2.05, 4.69) is 52.2 Å². The van der Waals surface area contributed by atoms with E-state index < -0.39 is 8.07 Å². The molecule has 2 heterocycles. The highest BCUT2D eigenvalue weighted by molar-refractivity contribution is 6.88. The normalized spacial score (nSPS) is 17.7. The van der Waals surface area contributed by atoms with Gasteiger partial charge in [-0.05, 0) is 31.2 Å². The van der Waals surface area contributed by atoms with Crippen LogP contribution in [0.25, 0.3) is 0 Å². The Morgan fingerprint density at radius 1 is 1.11 bits per heavy atom. The molecule has 0 spiro atoms. The minimum Gasteiger partial charge on any atom is -0.351 e. The van der Waals surface area contributed by atoms with Crippen LogP contribution in [0.15, 0.2) is 36.4 Å². The number of carbonyl (C=O) groups excluding carboxylic acids is 1. The van der Waals surface area contributed by atoms with Gasteiger partial charge in [-0.15, -0.1) is 10.2 Å². The van der Waals surface area contributed by atoms with Crippen molar-refractivity contribution in [3.63, 3.8) is 0 Å². The zero-order chi connectivity index (χ0) is 19.6. The Labute approximate surface area is 166 Å². The second kappa shape index (κ2) is 7.86. The van der Waals surface area contributed by atoms with Crippen molar-refractivity contribution in [2.45, 2.75) is 32.6 Å². The summed E-state index contributed by atoms with van der Waals surface area (Å²) in [7, 11) is -1.33. The summed E-state index contributed by atoms with van der Waals surface area (Å²) in [5.41, 5.74) is 0.834. The van der Waals surface area contributed by atoms with Crippen molar-refractivity contribution in [1.29, 1.82) is 0 Å². The molecule has 1 fully saturated rings. The first-order chi connectivity index (χ1) is 12.7. The Bertz CT molecular complexity index is 791. The predicted molar refractivity (Wildman–Crippen MR) is 114 cm³/mol. The number of halogens is 1. The van der Waals surface area contributed by atoms with Crippen molar-refractivity contribution in [3.8, 4) is 0 Å². The maximum atomic E-state index is 12.7. The number of urea groups is 1. The summed E-state index contributed by atoms with van der Waals surface area (Å²) < 4.78 is 0. The number of carbonyl (C=O) groups is 1. The molecule has 1 aromatic heterocycles. The lowest BCUT2D eigenvalue weighted by Gasteiger charge is -2.40. The van der Waals surface area contributed by atoms with E-state index in [0.29, 0.717) is 24.8 Å². The van der Waals surface area contributed by atoms with E-state index in [1.165, 1.54) is 5.19 Å². The number of hydrogen-bond donors (Lipinski definition) is 1. The van der Waals surface area contributed by atoms with Gasteiger partial charge in [0.25, 0.3) is 0 Å². The van der Waals surface area contributed by atoms with Gasteiger partial charge >= 0.3 is 6.03 Å². The van der Waals surface area contributed by atoms with Gasteiger partial charge in [-0.2, -0.15) is 0 Å². The average molecular weight is 404 g/mol. The molecular formula is C19H26ClN5OSi. The van der Waals surface area contributed by atoms with E-state index in [0.717, 1.165) is 11.5 Å². The van der Waals surface area contributed by atoms with Crippen LogP contribution >= 0.6 is 11.6 Å². The quantitative estimate of drug-likeness (QED) is 0.797. The van der Waals surface area contributed by atoms with Gasteiger partial charge in [0.05, 0.1) is 8.07 Å². The van der Waals surface area contributed by atoms with E-state index >= 15 is 0 Å². The molecule has 27 heavy (non-hydrogen) atoms. The fourth-order valence-electron chi connectivity index (χ4n) is 3.19. The Hall–Kier alpha value is -2.12. The third-order valence-corrected chi connectivity index (χ3v) is 7.10. The van der Waals surface area contributed by atoms with E-state index in [1.807, 2.05) is 30.0 Å². The molecule has 6 nitrogen and oxygen atoms in total. The molecule has 2 aromatic rings. The zero-order valence-electron chi connectivity index (χ0n) is 16.2. The number of nitrogens with one attached hydrogen (secondary N) is 1. The lowest BCUT2D eigenvalue weighted by atomic mass is 10.2. The van der Waals surface area contributed by atoms with E-state index in [4.69, 9.17) is 11.6 Å². The molecule has 1 unspecified atom stereocenters. The van der Waals surface area contributed by atoms with E-state index in [-0.39, 0.29) is 12.1 Å². The molecule has 0 bridgehead atoms. The fraction of sp³-hybridized carbons (Fsp3) is 0.421. The molecule has 3 rings (SSSR count). The first kappa shape index (κ1) is 19.6. The van der Waals surface area contributed by atoms with Crippen LogP contribution in [0.4, 0.5) is 16.3 Å². The Balaban J connectivity index is 1.60. The van der Waals surface area contributed by atoms with Gasteiger partial charge < -0.3 is 15.1 Å². The van der Waals surface area contributed by atoms with Gasteiger partial charge in [0.2, 0.25) is 0 Å². The summed E-state index contributed by atoms with van der Waals surface area (Å²) in [4.78, 5) is 16.7. The highest BCUT2D eigenvalue weighted by atomic mass is 35.5. The summed E-state index contributed by atoms with van der Waals surface area (Å²) in [6.07, 6.45) is 0. The molecule has 1 aliphatic heterocycles. The molecule has 0 saturated carbocycles. The minimum absolute atomic E-state index is 0.0647. The second-order valence-electron chi connectivity index (χ2n) is 7.96. The van der Waals surface area contributed by atoms with Gasteiger partial charge in [-0.1, -0.05) is 48.6 Å². The standard InChI is InChI=1S/C19H26ClN5OSi/c1-14-13-24(18-10-9-17(20)22-23-18)11-12-25(14)19(26)21-15-5-7-16(8-6-15)27(2,3)4/h5-10,14H,11-13H2,1-4H3,(H,21,26). The summed E-state index contributed by atoms with van der Waals surface area (Å²) in [5.74, 6) is 0.785. The number of amides is 2. The van der Waals surface area contributed by atoms with Crippen molar-refractivity contribution in [1.82, 2.24) is 15.1 Å². The number of aromatic nitrogens is 2. The molecule has 1 N–H and O–H groups in total. The van der Waals surface area contributed by atoms with Crippen molar-refractivity contribution >= 4 is 42.4 Å². The largest absolute Gasteiger partial charge is 0.351 e. The number of hydrogen-bond acceptors (Lipinski definition) is 4. The van der Waals surface area contributed by atoms with Gasteiger partial charge in [-0.3, -0.25) is 0 Å². The second-order valence-corrected chi connectivity index (χ2v) is 13.4. The maximum Gasteiger partial charge on any atom is 0.322 e. The molecule has 0 radical (unpaired) electrons. The summed E-state index contributed by atoms with van der Waals surface area (Å²) in [6, 6.07) is 11.8. The van der Waals surface area contributed by atoms with E-state index in [9.17, 15) is 4.79 Å². The Morgan fingerprint density at radius 2 is 1.81 bits per heavy atom. The van der Waals surface area contributed by atoms with Crippen LogP contribution in [-0.4, -0.2) is 54.9 Å². The molecule has 8 heteroatoms. The predicted octanol–water partition coefficient (Wildman–Crippen LogP) is 3.42. The Kier molecular flexibility index (Phi) is 5.71. The van der Waals surface area contributed by atoms with Crippen LogP contribution < -0.4 is 15.4 Å². The van der Waals surface area contributed by atoms with Crippen molar-refractivity contribution in [2.75, 3.05) is 29.9 Å². The summed E-state index contributed by atoms with van der Waals surface area (Å²) in [6.45, 7) is 11.0. The molecule has 1 atom stereocenters. The minimum atomic E-state index is -1.33. The molecule has 144 valence electrons. The lowest BCUT2D eigenvalue weighted by Crippen LogP contribution is -2.55. The zero-order valence-corrected chi connectivity index (χ0v) is 18.0. The van der Waals surface area contributed by atoms with Gasteiger partial charge in [-0.25, -0.2) is 4.79 Å². The van der Waals surface area contributed by atoms with Crippen molar-refractivity contribution < 1.29 is 4.79 Å². The number of anilines is 2. The fourth-order valence-corrected chi connectivity index (χ4v) is 4.46. The molecule has 0 aliphatic carbocycles. The van der Waals surface area contributed by atoms with Gasteiger partial charge in [0.1, 0.15) is 0 Å². The first-order valence-corrected chi connectivity index (χ1v) is 13.0. The van der Waals surface area contributed by atoms with Crippen LogP contribution in [-0.2, 0) is 0 Å². The van der Waals surface area contributed by atoms with E-state index in [1.54, 1.807) is 6.07 Å². The number of piperazine rings is 1. The maximum absolute atomic E-state index is 12.7. The molecular weight excluding hydrogens is 378 g/mol. The Morgan fingerprint density at radius 3 is 2.37 bits per heavy atom. The van der Waals surface area contributed by atoms with Crippen LogP contribution in [0.2, 0.25) is 24.8 Å². The average Bonchev–Trinajstić information content (AvgIpc) is 2.62. The highest BCUT2D eigenvalue weighted by Crippen LogP contribution is 2.18. The number of nitrogens with zero attached hydrogens (tertiary/aromatic N) is 4. The van der Waals surface area contributed by atoms with Crippen molar-refractivity contribution in [3.05, 3.63) is 41.6 Å². The molecule has 2 amide bonds. The monoisotopic (exact) mass is 403 g/mol. The number of benzene rings is 1. The van der Waals surface area contributed by atoms with Crippen LogP contribution in [0, 0.1) is 0 Å². The lowest BCUT2D eigenvalue weighted by molar-refractivity contribution is 0.184. The molecule has 1 aromatic carbocycles. The topological polar surface area (TPSA) is 61.4 Å². The number of rotatable bonds is 3. The SMILES string of the molecule is CC1CN(c2ccc(Cl)nn2)CCN1C(=O)Nc1ccc([Si](C)(C)C)cc1. The van der Waals surface area contributed by atoms with Crippen LogP contribution in [0.5, 0.6) is 0 Å². The highest BCUT2D eigenvalue weighted by Gasteiger charge is 2.28. The molecule has 1 aliphatic rings. The van der Waals surface area contributed by atoms with Crippen LogP contribution in [0.3, 0.4) is 0 Å². The third kappa shape index (κ3) is 4.78. The molecule has 1 saturated heterocycles. The smallest absolute Gasteiger partial charge is 0.322 e. The summed E-state index contributed by atoms with van der Waals surface area (Å²) >= 11 is 5.80. The summed E-state index contributed by atoms with van der Waals surface area (Å²) in [5, 5.41) is 12.8.